The smallest absolute Gasteiger partial charge is 0.229 e. The van der Waals surface area contributed by atoms with Crippen LogP contribution < -0.4 is 4.90 Å². The van der Waals surface area contributed by atoms with Crippen molar-refractivity contribution < 1.29 is 9.18 Å². The Kier molecular flexibility index (Phi) is 7.04. The molecule has 0 aliphatic rings. The second-order valence-electron chi connectivity index (χ2n) is 6.82. The summed E-state index contributed by atoms with van der Waals surface area (Å²) >= 11 is 3.12. The summed E-state index contributed by atoms with van der Waals surface area (Å²) in [5.41, 5.74) is 2.08. The number of hydrogen-bond acceptors (Lipinski definition) is 5. The van der Waals surface area contributed by atoms with Crippen molar-refractivity contribution in [2.45, 2.75) is 18.2 Å². The molecule has 3 rings (SSSR count). The van der Waals surface area contributed by atoms with Gasteiger partial charge < -0.3 is 4.90 Å². The standard InChI is InChI=1S/C21H24FN3OS2/c1-15-5-4-6-18-20(15)23-21(28-18)25(13-12-24(2)3)19(26)11-14-27-17-9-7-16(22)8-10-17/h4-10H,11-14H2,1-3H3. The van der Waals surface area contributed by atoms with E-state index in [1.54, 1.807) is 40.1 Å². The zero-order valence-electron chi connectivity index (χ0n) is 16.3. The number of carbonyl (C=O) groups excluding carboxylic acids is 1. The molecule has 148 valence electrons. The van der Waals surface area contributed by atoms with E-state index in [0.29, 0.717) is 18.7 Å². The lowest BCUT2D eigenvalue weighted by molar-refractivity contribution is -0.118. The predicted octanol–water partition coefficient (Wildman–Crippen LogP) is 4.82. The molecule has 0 radical (unpaired) electrons. The lowest BCUT2D eigenvalue weighted by Gasteiger charge is -2.22. The Morgan fingerprint density at radius 1 is 1.14 bits per heavy atom. The first-order valence-corrected chi connectivity index (χ1v) is 10.9. The van der Waals surface area contributed by atoms with E-state index in [2.05, 4.69) is 4.90 Å². The second kappa shape index (κ2) is 9.49. The van der Waals surface area contributed by atoms with Gasteiger partial charge in [-0.25, -0.2) is 9.37 Å². The molecule has 0 aliphatic heterocycles. The number of rotatable bonds is 8. The first-order valence-electron chi connectivity index (χ1n) is 9.13. The highest BCUT2D eigenvalue weighted by Gasteiger charge is 2.20. The number of aryl methyl sites for hydroxylation is 1. The topological polar surface area (TPSA) is 36.4 Å². The molecule has 3 aromatic rings. The third-order valence-electron chi connectivity index (χ3n) is 4.31. The lowest BCUT2D eigenvalue weighted by atomic mass is 10.2. The molecule has 1 amide bonds. The zero-order valence-corrected chi connectivity index (χ0v) is 17.9. The van der Waals surface area contributed by atoms with Gasteiger partial charge in [-0.15, -0.1) is 11.8 Å². The summed E-state index contributed by atoms with van der Waals surface area (Å²) in [6, 6.07) is 12.5. The minimum atomic E-state index is -0.249. The normalized spacial score (nSPS) is 11.3. The quantitative estimate of drug-likeness (QED) is 0.492. The van der Waals surface area contributed by atoms with Crippen LogP contribution in [0.4, 0.5) is 9.52 Å². The molecular formula is C21H24FN3OS2. The molecule has 1 heterocycles. The molecule has 0 fully saturated rings. The van der Waals surface area contributed by atoms with Crippen LogP contribution in [0.2, 0.25) is 0 Å². The number of hydrogen-bond donors (Lipinski definition) is 0. The Morgan fingerprint density at radius 3 is 2.57 bits per heavy atom. The van der Waals surface area contributed by atoms with Crippen LogP contribution in [0.5, 0.6) is 0 Å². The largest absolute Gasteiger partial charge is 0.308 e. The van der Waals surface area contributed by atoms with Gasteiger partial charge in [-0.3, -0.25) is 9.69 Å². The number of amides is 1. The zero-order chi connectivity index (χ0) is 20.1. The molecule has 2 aromatic carbocycles. The molecule has 0 bridgehead atoms. The van der Waals surface area contributed by atoms with E-state index in [9.17, 15) is 9.18 Å². The van der Waals surface area contributed by atoms with Crippen LogP contribution in [0.3, 0.4) is 0 Å². The maximum atomic E-state index is 13.0. The van der Waals surface area contributed by atoms with Crippen molar-refractivity contribution >= 4 is 44.4 Å². The van der Waals surface area contributed by atoms with Crippen LogP contribution in [0, 0.1) is 12.7 Å². The number of halogens is 1. The van der Waals surface area contributed by atoms with E-state index in [1.165, 1.54) is 12.1 Å². The monoisotopic (exact) mass is 417 g/mol. The van der Waals surface area contributed by atoms with Gasteiger partial charge >= 0.3 is 0 Å². The predicted molar refractivity (Wildman–Crippen MR) is 117 cm³/mol. The summed E-state index contributed by atoms with van der Waals surface area (Å²) in [5, 5.41) is 0.753. The number of fused-ring (bicyclic) bond motifs is 1. The van der Waals surface area contributed by atoms with Crippen molar-refractivity contribution in [2.24, 2.45) is 0 Å². The third-order valence-corrected chi connectivity index (χ3v) is 6.37. The Bertz CT molecular complexity index is 940. The minimum Gasteiger partial charge on any atom is -0.308 e. The van der Waals surface area contributed by atoms with Gasteiger partial charge in [-0.1, -0.05) is 23.5 Å². The fourth-order valence-electron chi connectivity index (χ4n) is 2.74. The van der Waals surface area contributed by atoms with E-state index < -0.39 is 0 Å². The van der Waals surface area contributed by atoms with Crippen molar-refractivity contribution in [3.8, 4) is 0 Å². The average Bonchev–Trinajstić information content (AvgIpc) is 3.08. The summed E-state index contributed by atoms with van der Waals surface area (Å²) in [4.78, 5) is 22.5. The molecule has 28 heavy (non-hydrogen) atoms. The van der Waals surface area contributed by atoms with Gasteiger partial charge in [-0.05, 0) is 56.9 Å². The van der Waals surface area contributed by atoms with Gasteiger partial charge in [0.25, 0.3) is 0 Å². The first-order chi connectivity index (χ1) is 13.4. The maximum absolute atomic E-state index is 13.0. The van der Waals surface area contributed by atoms with Crippen molar-refractivity contribution in [3.63, 3.8) is 0 Å². The molecule has 0 saturated heterocycles. The Balaban J connectivity index is 1.71. The number of para-hydroxylation sites is 1. The highest BCUT2D eigenvalue weighted by Crippen LogP contribution is 2.31. The van der Waals surface area contributed by atoms with Crippen molar-refractivity contribution in [2.75, 3.05) is 37.8 Å². The lowest BCUT2D eigenvalue weighted by Crippen LogP contribution is -2.36. The molecule has 0 aliphatic carbocycles. The molecule has 0 unspecified atom stereocenters. The molecule has 0 atom stereocenters. The highest BCUT2D eigenvalue weighted by atomic mass is 32.2. The van der Waals surface area contributed by atoms with E-state index in [0.717, 1.165) is 32.4 Å². The number of nitrogens with zero attached hydrogens (tertiary/aromatic N) is 3. The SMILES string of the molecule is Cc1cccc2sc(N(CCN(C)C)C(=O)CCSc3ccc(F)cc3)nc12. The third kappa shape index (κ3) is 5.31. The van der Waals surface area contributed by atoms with Gasteiger partial charge in [0.05, 0.1) is 10.2 Å². The van der Waals surface area contributed by atoms with E-state index in [4.69, 9.17) is 4.98 Å². The summed E-state index contributed by atoms with van der Waals surface area (Å²) in [6.45, 7) is 3.41. The van der Waals surface area contributed by atoms with Gasteiger partial charge in [0, 0.05) is 30.2 Å². The van der Waals surface area contributed by atoms with Gasteiger partial charge in [-0.2, -0.15) is 0 Å². The van der Waals surface area contributed by atoms with Crippen molar-refractivity contribution in [1.82, 2.24) is 9.88 Å². The molecule has 0 saturated carbocycles. The van der Waals surface area contributed by atoms with E-state index in [1.807, 2.05) is 39.2 Å². The fourth-order valence-corrected chi connectivity index (χ4v) is 4.67. The Labute approximate surface area is 173 Å². The number of carbonyl (C=O) groups is 1. The number of likely N-dealkylation sites (N-methyl/N-ethyl adjacent to an activating group) is 1. The summed E-state index contributed by atoms with van der Waals surface area (Å²) in [7, 11) is 3.99. The molecule has 4 nitrogen and oxygen atoms in total. The summed E-state index contributed by atoms with van der Waals surface area (Å²) in [6.07, 6.45) is 0.407. The van der Waals surface area contributed by atoms with Gasteiger partial charge in [0.2, 0.25) is 5.91 Å². The van der Waals surface area contributed by atoms with Crippen molar-refractivity contribution in [1.29, 1.82) is 0 Å². The maximum Gasteiger partial charge on any atom is 0.229 e. The first kappa shape index (κ1) is 20.8. The molecule has 1 aromatic heterocycles. The van der Waals surface area contributed by atoms with Gasteiger partial charge in [0.15, 0.2) is 5.13 Å². The minimum absolute atomic E-state index is 0.0631. The molecule has 0 N–H and O–H groups in total. The van der Waals surface area contributed by atoms with Crippen molar-refractivity contribution in [3.05, 3.63) is 53.8 Å². The van der Waals surface area contributed by atoms with E-state index >= 15 is 0 Å². The van der Waals surface area contributed by atoms with Crippen LogP contribution in [0.1, 0.15) is 12.0 Å². The number of thioether (sulfide) groups is 1. The molecular weight excluding hydrogens is 393 g/mol. The molecule has 0 spiro atoms. The van der Waals surface area contributed by atoms with Crippen LogP contribution in [0.25, 0.3) is 10.2 Å². The number of aromatic nitrogens is 1. The number of benzene rings is 2. The Morgan fingerprint density at radius 2 is 1.89 bits per heavy atom. The number of anilines is 1. The summed E-state index contributed by atoms with van der Waals surface area (Å²) < 4.78 is 14.1. The van der Waals surface area contributed by atoms with Crippen LogP contribution in [0.15, 0.2) is 47.4 Å². The highest BCUT2D eigenvalue weighted by molar-refractivity contribution is 7.99. The Hall–Kier alpha value is -1.96. The fraction of sp³-hybridized carbons (Fsp3) is 0.333. The number of thiazole rings is 1. The second-order valence-corrected chi connectivity index (χ2v) is 9.00. The van der Waals surface area contributed by atoms with Gasteiger partial charge in [0.1, 0.15) is 5.82 Å². The van der Waals surface area contributed by atoms with Crippen LogP contribution in [-0.2, 0) is 4.79 Å². The van der Waals surface area contributed by atoms with Crippen LogP contribution in [-0.4, -0.2) is 48.7 Å². The van der Waals surface area contributed by atoms with Crippen LogP contribution >= 0.6 is 23.1 Å². The molecule has 7 heteroatoms. The van der Waals surface area contributed by atoms with E-state index in [-0.39, 0.29) is 11.7 Å². The average molecular weight is 418 g/mol. The summed E-state index contributed by atoms with van der Waals surface area (Å²) in [5.74, 6) is 0.460.